The van der Waals surface area contributed by atoms with Gasteiger partial charge in [0.05, 0.1) is 5.56 Å². The molecule has 0 aliphatic carbocycles. The zero-order chi connectivity index (χ0) is 31.8. The van der Waals surface area contributed by atoms with E-state index in [9.17, 15) is 40.2 Å². The number of carbonyl (C=O) groups is 1. The second kappa shape index (κ2) is 15.4. The molecule has 0 saturated carbocycles. The van der Waals surface area contributed by atoms with Crippen molar-refractivity contribution in [3.63, 3.8) is 0 Å². The number of phenolic OH excluding ortho intramolecular Hbond substituents is 3. The van der Waals surface area contributed by atoms with Gasteiger partial charge in [0, 0.05) is 24.1 Å². The molecule has 4 rings (SSSR count). The summed E-state index contributed by atoms with van der Waals surface area (Å²) in [5, 5.41) is 62.9. The SMILES string of the molecule is CCCCCCCCCCCC(=O)OC[C@H]1O[C@@H](c2c(O)cc3oc(-c4ccc(O)cc4)cc(=O)c3c2O)[C@H](O)[C@@H](O)[C@@H]1O. The lowest BCUT2D eigenvalue weighted by Crippen LogP contribution is -2.55. The summed E-state index contributed by atoms with van der Waals surface area (Å²) in [6, 6.07) is 8.06. The van der Waals surface area contributed by atoms with Crippen LogP contribution in [0.15, 0.2) is 45.6 Å². The van der Waals surface area contributed by atoms with Crippen LogP contribution >= 0.6 is 0 Å². The van der Waals surface area contributed by atoms with Crippen LogP contribution in [0.25, 0.3) is 22.3 Å². The minimum Gasteiger partial charge on any atom is -0.508 e. The fourth-order valence-electron chi connectivity index (χ4n) is 5.51. The zero-order valence-electron chi connectivity index (χ0n) is 24.9. The topological polar surface area (TPSA) is 187 Å². The van der Waals surface area contributed by atoms with Crippen molar-refractivity contribution in [3.8, 4) is 28.6 Å². The van der Waals surface area contributed by atoms with E-state index in [0.717, 1.165) is 31.4 Å². The van der Waals surface area contributed by atoms with Gasteiger partial charge in [-0.25, -0.2) is 0 Å². The molecule has 240 valence electrons. The Kier molecular flexibility index (Phi) is 11.6. The van der Waals surface area contributed by atoms with E-state index < -0.39 is 65.6 Å². The van der Waals surface area contributed by atoms with Crippen LogP contribution < -0.4 is 5.43 Å². The second-order valence-electron chi connectivity index (χ2n) is 11.4. The van der Waals surface area contributed by atoms with Gasteiger partial charge in [-0.1, -0.05) is 58.3 Å². The lowest BCUT2D eigenvalue weighted by atomic mass is 9.89. The standard InChI is InChI=1S/C33H42O11/c1-2-3-4-5-6-7-8-9-10-11-26(37)42-18-25-29(38)31(40)32(41)33(44-25)28-22(36)17-24-27(30(28)39)21(35)16-23(43-24)19-12-14-20(34)15-13-19/h12-17,25,29,31-34,36,38-41H,2-11,18H2,1H3/t25-,29-,31+,32-,33+/m1/s1. The first-order valence-electron chi connectivity index (χ1n) is 15.3. The van der Waals surface area contributed by atoms with E-state index >= 15 is 0 Å². The van der Waals surface area contributed by atoms with E-state index in [1.165, 1.54) is 56.4 Å². The Morgan fingerprint density at radius 3 is 2.14 bits per heavy atom. The number of carbonyl (C=O) groups excluding carboxylic acids is 1. The molecular weight excluding hydrogens is 572 g/mol. The number of esters is 1. The largest absolute Gasteiger partial charge is 0.508 e. The van der Waals surface area contributed by atoms with E-state index in [2.05, 4.69) is 6.92 Å². The number of hydrogen-bond donors (Lipinski definition) is 6. The fourth-order valence-corrected chi connectivity index (χ4v) is 5.51. The number of phenols is 3. The minimum absolute atomic E-state index is 0.0158. The summed E-state index contributed by atoms with van der Waals surface area (Å²) in [6.45, 7) is 1.74. The van der Waals surface area contributed by atoms with Gasteiger partial charge in [-0.05, 0) is 30.7 Å². The number of fused-ring (bicyclic) bond motifs is 1. The molecule has 6 N–H and O–H groups in total. The summed E-state index contributed by atoms with van der Waals surface area (Å²) >= 11 is 0. The number of aliphatic hydroxyl groups is 3. The predicted octanol–water partition coefficient (Wildman–Crippen LogP) is 4.56. The molecule has 0 spiro atoms. The molecular formula is C33H42O11. The Labute approximate surface area is 255 Å². The van der Waals surface area contributed by atoms with Crippen molar-refractivity contribution in [3.05, 3.63) is 52.2 Å². The maximum Gasteiger partial charge on any atom is 0.305 e. The van der Waals surface area contributed by atoms with Crippen LogP contribution in [0.1, 0.15) is 82.8 Å². The molecule has 3 aromatic rings. The summed E-state index contributed by atoms with van der Waals surface area (Å²) in [5.74, 6) is -1.71. The zero-order valence-corrected chi connectivity index (χ0v) is 24.9. The summed E-state index contributed by atoms with van der Waals surface area (Å²) in [7, 11) is 0. The van der Waals surface area contributed by atoms with E-state index in [-0.39, 0.29) is 28.9 Å². The molecule has 1 aliphatic rings. The number of rotatable bonds is 14. The molecule has 44 heavy (non-hydrogen) atoms. The molecule has 0 amide bonds. The van der Waals surface area contributed by atoms with Crippen LogP contribution in [-0.4, -0.2) is 67.6 Å². The third-order valence-electron chi connectivity index (χ3n) is 8.05. The van der Waals surface area contributed by atoms with Gasteiger partial charge in [0.15, 0.2) is 5.43 Å². The molecule has 11 heteroatoms. The summed E-state index contributed by atoms with van der Waals surface area (Å²) in [6.07, 6.45) is 1.91. The number of benzene rings is 2. The summed E-state index contributed by atoms with van der Waals surface area (Å²) < 4.78 is 16.8. The van der Waals surface area contributed by atoms with Crippen molar-refractivity contribution >= 4 is 16.9 Å². The Morgan fingerprint density at radius 1 is 0.841 bits per heavy atom. The molecule has 0 radical (unpaired) electrons. The quantitative estimate of drug-likeness (QED) is 0.110. The number of unbranched alkanes of at least 4 members (excludes halogenated alkanes) is 8. The Morgan fingerprint density at radius 2 is 1.48 bits per heavy atom. The smallest absolute Gasteiger partial charge is 0.305 e. The molecule has 2 heterocycles. The van der Waals surface area contributed by atoms with E-state index in [4.69, 9.17) is 13.9 Å². The third kappa shape index (κ3) is 7.89. The maximum atomic E-state index is 13.0. The van der Waals surface area contributed by atoms with Crippen molar-refractivity contribution in [2.75, 3.05) is 6.61 Å². The van der Waals surface area contributed by atoms with Crippen molar-refractivity contribution in [2.45, 2.75) is 102 Å². The molecule has 1 fully saturated rings. The Balaban J connectivity index is 1.42. The van der Waals surface area contributed by atoms with E-state index in [0.29, 0.717) is 12.0 Å². The van der Waals surface area contributed by atoms with Gasteiger partial charge in [0.1, 0.15) is 71.1 Å². The molecule has 0 unspecified atom stereocenters. The molecule has 1 saturated heterocycles. The van der Waals surface area contributed by atoms with Gasteiger partial charge in [-0.3, -0.25) is 9.59 Å². The minimum atomic E-state index is -1.81. The van der Waals surface area contributed by atoms with Crippen molar-refractivity contribution < 1.29 is 49.3 Å². The number of aromatic hydroxyl groups is 3. The van der Waals surface area contributed by atoms with Gasteiger partial charge < -0.3 is 44.5 Å². The average molecular weight is 615 g/mol. The van der Waals surface area contributed by atoms with Gasteiger partial charge in [0.2, 0.25) is 0 Å². The number of ether oxygens (including phenoxy) is 2. The van der Waals surface area contributed by atoms with Crippen LogP contribution in [0.4, 0.5) is 0 Å². The Hall–Kier alpha value is -3.64. The van der Waals surface area contributed by atoms with Gasteiger partial charge >= 0.3 is 5.97 Å². The van der Waals surface area contributed by atoms with Crippen molar-refractivity contribution in [1.29, 1.82) is 0 Å². The monoisotopic (exact) mass is 614 g/mol. The molecule has 11 nitrogen and oxygen atoms in total. The summed E-state index contributed by atoms with van der Waals surface area (Å²) in [5.41, 5.74) is -0.761. The highest BCUT2D eigenvalue weighted by atomic mass is 16.6. The lowest BCUT2D eigenvalue weighted by Gasteiger charge is -2.40. The number of hydrogen-bond acceptors (Lipinski definition) is 11. The molecule has 1 aliphatic heterocycles. The normalized spacial score (nSPS) is 21.9. The molecule has 2 aromatic carbocycles. The van der Waals surface area contributed by atoms with Crippen molar-refractivity contribution in [2.24, 2.45) is 0 Å². The first kappa shape index (κ1) is 33.3. The highest BCUT2D eigenvalue weighted by molar-refractivity contribution is 5.88. The number of aliphatic hydroxyl groups excluding tert-OH is 3. The summed E-state index contributed by atoms with van der Waals surface area (Å²) in [4.78, 5) is 25.4. The third-order valence-corrected chi connectivity index (χ3v) is 8.05. The van der Waals surface area contributed by atoms with Gasteiger partial charge in [0.25, 0.3) is 0 Å². The van der Waals surface area contributed by atoms with Crippen molar-refractivity contribution in [1.82, 2.24) is 0 Å². The van der Waals surface area contributed by atoms with Crippen LogP contribution in [0.5, 0.6) is 17.2 Å². The highest BCUT2D eigenvalue weighted by Crippen LogP contribution is 2.44. The second-order valence-corrected chi connectivity index (χ2v) is 11.4. The molecule has 1 aromatic heterocycles. The predicted molar refractivity (Wildman–Crippen MR) is 161 cm³/mol. The highest BCUT2D eigenvalue weighted by Gasteiger charge is 2.46. The van der Waals surface area contributed by atoms with Crippen LogP contribution in [0, 0.1) is 0 Å². The first-order chi connectivity index (χ1) is 21.1. The van der Waals surface area contributed by atoms with Gasteiger partial charge in [-0.2, -0.15) is 0 Å². The fraction of sp³-hybridized carbons (Fsp3) is 0.515. The van der Waals surface area contributed by atoms with Gasteiger partial charge in [-0.15, -0.1) is 0 Å². The lowest BCUT2D eigenvalue weighted by molar-refractivity contribution is -0.235. The Bertz CT molecular complexity index is 1450. The van der Waals surface area contributed by atoms with Crippen LogP contribution in [-0.2, 0) is 14.3 Å². The average Bonchev–Trinajstić information content (AvgIpc) is 2.99. The van der Waals surface area contributed by atoms with Crippen LogP contribution in [0.3, 0.4) is 0 Å². The van der Waals surface area contributed by atoms with E-state index in [1.807, 2.05) is 0 Å². The first-order valence-corrected chi connectivity index (χ1v) is 15.3. The molecule has 5 atom stereocenters. The molecule has 0 bridgehead atoms. The maximum absolute atomic E-state index is 13.0. The van der Waals surface area contributed by atoms with E-state index in [1.54, 1.807) is 0 Å². The van der Waals surface area contributed by atoms with Crippen LogP contribution in [0.2, 0.25) is 0 Å².